The van der Waals surface area contributed by atoms with Crippen molar-refractivity contribution in [3.8, 4) is 0 Å². The highest BCUT2D eigenvalue weighted by Crippen LogP contribution is 2.14. The summed E-state index contributed by atoms with van der Waals surface area (Å²) >= 11 is 0. The van der Waals surface area contributed by atoms with E-state index in [1.54, 1.807) is 54.6 Å². The number of carbonyl (C=O) groups excluding carboxylic acids is 2. The van der Waals surface area contributed by atoms with Gasteiger partial charge in [0, 0.05) is 5.69 Å². The minimum absolute atomic E-state index is 0.353. The zero-order chi connectivity index (χ0) is 15.9. The van der Waals surface area contributed by atoms with Crippen molar-refractivity contribution in [2.75, 3.05) is 10.3 Å². The molecular formula is C14H16N6O2. The number of benzene rings is 2. The number of para-hydroxylation sites is 2. The largest absolute Gasteiger partial charge is 0.365 e. The standard InChI is InChI=1S/C14H16N6O2/c15-20(16)14(22)18-19(12-9-5-2-6-10-12)13(21)17-11-7-3-1-4-8-11/h1-10H,15-16H2,(H,17,21)(H,18,22). The third kappa shape index (κ3) is 3.95. The van der Waals surface area contributed by atoms with Gasteiger partial charge in [0.2, 0.25) is 0 Å². The molecule has 2 rings (SSSR count). The molecule has 0 aromatic heterocycles. The average Bonchev–Trinajstić information content (AvgIpc) is 2.54. The zero-order valence-corrected chi connectivity index (χ0v) is 11.6. The molecule has 0 atom stereocenters. The van der Waals surface area contributed by atoms with Gasteiger partial charge in [-0.15, -0.1) is 0 Å². The van der Waals surface area contributed by atoms with Gasteiger partial charge in [-0.1, -0.05) is 36.4 Å². The number of nitrogens with zero attached hydrogens (tertiary/aromatic N) is 2. The Bertz CT molecular complexity index is 632. The molecule has 6 N–H and O–H groups in total. The molecule has 2 aromatic rings. The minimum atomic E-state index is -0.841. The van der Waals surface area contributed by atoms with Crippen LogP contribution in [0.1, 0.15) is 0 Å². The van der Waals surface area contributed by atoms with Crippen LogP contribution in [0.25, 0.3) is 0 Å². The Morgan fingerprint density at radius 1 is 0.818 bits per heavy atom. The lowest BCUT2D eigenvalue weighted by Crippen LogP contribution is -2.57. The van der Waals surface area contributed by atoms with Gasteiger partial charge in [-0.05, 0) is 24.3 Å². The fourth-order valence-electron chi connectivity index (χ4n) is 1.66. The van der Waals surface area contributed by atoms with Crippen molar-refractivity contribution < 1.29 is 9.59 Å². The number of hydrogen-bond acceptors (Lipinski definition) is 4. The Balaban J connectivity index is 2.20. The number of rotatable bonds is 2. The van der Waals surface area contributed by atoms with Crippen LogP contribution in [0.15, 0.2) is 60.7 Å². The maximum atomic E-state index is 12.4. The SMILES string of the molecule is NN(N)C(=O)NN(C(=O)Nc1ccccc1)c1ccccc1. The number of carbonyl (C=O) groups is 2. The van der Waals surface area contributed by atoms with Gasteiger partial charge in [0.15, 0.2) is 0 Å². The molecule has 0 aliphatic rings. The van der Waals surface area contributed by atoms with Crippen LogP contribution in [-0.2, 0) is 0 Å². The van der Waals surface area contributed by atoms with Crippen LogP contribution in [-0.4, -0.2) is 17.2 Å². The van der Waals surface area contributed by atoms with Crippen molar-refractivity contribution in [3.05, 3.63) is 60.7 Å². The van der Waals surface area contributed by atoms with Crippen molar-refractivity contribution in [1.29, 1.82) is 0 Å². The van der Waals surface area contributed by atoms with Gasteiger partial charge >= 0.3 is 12.1 Å². The van der Waals surface area contributed by atoms with Crippen LogP contribution in [0.4, 0.5) is 21.0 Å². The van der Waals surface area contributed by atoms with Crippen LogP contribution in [0.3, 0.4) is 0 Å². The summed E-state index contributed by atoms with van der Waals surface area (Å²) in [6.45, 7) is 0. The third-order valence-electron chi connectivity index (χ3n) is 2.68. The first-order valence-corrected chi connectivity index (χ1v) is 6.39. The second kappa shape index (κ2) is 7.07. The van der Waals surface area contributed by atoms with Crippen molar-refractivity contribution in [2.24, 2.45) is 11.7 Å². The van der Waals surface area contributed by atoms with E-state index in [-0.39, 0.29) is 0 Å². The quantitative estimate of drug-likeness (QED) is 0.381. The number of nitrogens with one attached hydrogen (secondary N) is 2. The van der Waals surface area contributed by atoms with E-state index in [1.807, 2.05) is 6.07 Å². The van der Waals surface area contributed by atoms with Crippen LogP contribution in [0.2, 0.25) is 0 Å². The summed E-state index contributed by atoms with van der Waals surface area (Å²) in [5.41, 5.74) is 3.34. The highest BCUT2D eigenvalue weighted by atomic mass is 16.2. The first-order chi connectivity index (χ1) is 10.6. The van der Waals surface area contributed by atoms with Crippen molar-refractivity contribution in [2.45, 2.75) is 0 Å². The molecule has 8 nitrogen and oxygen atoms in total. The highest BCUT2D eigenvalue weighted by molar-refractivity contribution is 6.03. The number of nitrogens with two attached hydrogens (primary N) is 2. The summed E-state index contributed by atoms with van der Waals surface area (Å²) in [7, 11) is 0. The van der Waals surface area contributed by atoms with Crippen LogP contribution in [0, 0.1) is 0 Å². The lowest BCUT2D eigenvalue weighted by atomic mass is 10.3. The van der Waals surface area contributed by atoms with E-state index in [0.717, 1.165) is 5.01 Å². The summed E-state index contributed by atoms with van der Waals surface area (Å²) in [5, 5.41) is 4.03. The third-order valence-corrected chi connectivity index (χ3v) is 2.68. The fraction of sp³-hybridized carbons (Fsp3) is 0. The predicted octanol–water partition coefficient (Wildman–Crippen LogP) is 1.40. The van der Waals surface area contributed by atoms with E-state index in [1.165, 1.54) is 0 Å². The minimum Gasteiger partial charge on any atom is -0.306 e. The summed E-state index contributed by atoms with van der Waals surface area (Å²) in [5.74, 6) is 10.3. The number of amides is 4. The molecule has 0 aliphatic carbocycles. The number of urea groups is 2. The molecule has 0 heterocycles. The Labute approximate surface area is 127 Å². The number of hydrazine groups is 3. The first kappa shape index (κ1) is 15.3. The topological polar surface area (TPSA) is 117 Å². The van der Waals surface area contributed by atoms with E-state index in [4.69, 9.17) is 11.7 Å². The zero-order valence-electron chi connectivity index (χ0n) is 11.6. The van der Waals surface area contributed by atoms with Gasteiger partial charge in [-0.2, -0.15) is 5.12 Å². The van der Waals surface area contributed by atoms with Crippen LogP contribution >= 0.6 is 0 Å². The smallest absolute Gasteiger partial charge is 0.306 e. The fourth-order valence-corrected chi connectivity index (χ4v) is 1.66. The molecule has 114 valence electrons. The van der Waals surface area contributed by atoms with E-state index >= 15 is 0 Å². The molecule has 0 unspecified atom stereocenters. The normalized spacial score (nSPS) is 9.73. The maximum absolute atomic E-state index is 12.4. The summed E-state index contributed by atoms with van der Waals surface area (Å²) in [6, 6.07) is 16.0. The van der Waals surface area contributed by atoms with Crippen molar-refractivity contribution in [1.82, 2.24) is 10.5 Å². The molecule has 4 amide bonds. The van der Waals surface area contributed by atoms with Gasteiger partial charge in [-0.25, -0.2) is 31.7 Å². The molecule has 22 heavy (non-hydrogen) atoms. The molecule has 0 saturated carbocycles. The summed E-state index contributed by atoms with van der Waals surface area (Å²) in [6.07, 6.45) is 0. The van der Waals surface area contributed by atoms with Gasteiger partial charge < -0.3 is 5.32 Å². The van der Waals surface area contributed by atoms with E-state index < -0.39 is 12.1 Å². The van der Waals surface area contributed by atoms with E-state index in [2.05, 4.69) is 10.7 Å². The first-order valence-electron chi connectivity index (χ1n) is 6.39. The second-order valence-electron chi connectivity index (χ2n) is 4.29. The molecule has 0 radical (unpaired) electrons. The monoisotopic (exact) mass is 300 g/mol. The van der Waals surface area contributed by atoms with Crippen LogP contribution < -0.4 is 27.4 Å². The van der Waals surface area contributed by atoms with Gasteiger partial charge in [-0.3, -0.25) is 0 Å². The van der Waals surface area contributed by atoms with Crippen LogP contribution in [0.5, 0.6) is 0 Å². The Morgan fingerprint density at radius 2 is 1.36 bits per heavy atom. The molecule has 0 bridgehead atoms. The van der Waals surface area contributed by atoms with Gasteiger partial charge in [0.05, 0.1) is 5.69 Å². The summed E-state index contributed by atoms with van der Waals surface area (Å²) < 4.78 is 0. The van der Waals surface area contributed by atoms with E-state index in [0.29, 0.717) is 16.5 Å². The number of hydrogen-bond donors (Lipinski definition) is 4. The Hall–Kier alpha value is -3.10. The number of anilines is 2. The lowest BCUT2D eigenvalue weighted by Gasteiger charge is -2.24. The predicted molar refractivity (Wildman–Crippen MR) is 83.1 cm³/mol. The van der Waals surface area contributed by atoms with Gasteiger partial charge in [0.25, 0.3) is 0 Å². The van der Waals surface area contributed by atoms with Crippen molar-refractivity contribution in [3.63, 3.8) is 0 Å². The summed E-state index contributed by atoms with van der Waals surface area (Å²) in [4.78, 5) is 24.0. The molecule has 0 aliphatic heterocycles. The maximum Gasteiger partial charge on any atom is 0.365 e. The molecular weight excluding hydrogens is 284 g/mol. The van der Waals surface area contributed by atoms with Crippen molar-refractivity contribution >= 4 is 23.4 Å². The highest BCUT2D eigenvalue weighted by Gasteiger charge is 2.19. The molecule has 2 aromatic carbocycles. The lowest BCUT2D eigenvalue weighted by molar-refractivity contribution is 0.198. The Kier molecular flexibility index (Phi) is 4.91. The molecule has 0 spiro atoms. The Morgan fingerprint density at radius 3 is 1.91 bits per heavy atom. The molecule has 0 saturated heterocycles. The van der Waals surface area contributed by atoms with E-state index in [9.17, 15) is 9.59 Å². The molecule has 0 fully saturated rings. The average molecular weight is 300 g/mol. The van der Waals surface area contributed by atoms with Gasteiger partial charge in [0.1, 0.15) is 0 Å². The second-order valence-corrected chi connectivity index (χ2v) is 4.29. The molecule has 8 heteroatoms.